The molecule has 0 spiro atoms. The van der Waals surface area contributed by atoms with Crippen LogP contribution in [-0.2, 0) is 10.2 Å². The van der Waals surface area contributed by atoms with Crippen molar-refractivity contribution in [2.45, 2.75) is 46.0 Å². The Morgan fingerprint density at radius 1 is 0.961 bits per heavy atom. The van der Waals surface area contributed by atoms with E-state index in [2.05, 4.69) is 44.4 Å². The van der Waals surface area contributed by atoms with Gasteiger partial charge >= 0.3 is 0 Å². The van der Waals surface area contributed by atoms with Crippen molar-refractivity contribution in [1.29, 1.82) is 0 Å². The van der Waals surface area contributed by atoms with Gasteiger partial charge in [0.2, 0.25) is 0 Å². The van der Waals surface area contributed by atoms with E-state index < -0.39 is 0 Å². The van der Waals surface area contributed by atoms with Crippen LogP contribution >= 0.6 is 0 Å². The first-order chi connectivity index (χ1) is 24.6. The number of carbonyl (C=O) groups is 1. The zero-order valence-electron chi connectivity index (χ0n) is 29.7. The first-order valence-corrected chi connectivity index (χ1v) is 17.4. The lowest BCUT2D eigenvalue weighted by atomic mass is 9.83. The van der Waals surface area contributed by atoms with Gasteiger partial charge in [-0.3, -0.25) is 24.6 Å². The standard InChI is InChI=1S/C42H42N6O3/c1-6-34-33(39(28-11-8-7-9-12-28)35-18-15-29(25-43-35)40(49)47-19-21-51-22-20-47)24-37(46-45-34)31-13-10-14-38(27(31)2)48-26-44-36-23-30(42(3,4)5)16-17-32(36)41(48)50/h6-18,23-26,39,45H,19-22H2,1-5H3. The third kappa shape index (κ3) is 6.65. The molecular weight excluding hydrogens is 637 g/mol. The number of nitrogens with one attached hydrogen (secondary N) is 1. The maximum absolute atomic E-state index is 13.8. The molecule has 1 amide bonds. The Bertz CT molecular complexity index is 2260. The highest BCUT2D eigenvalue weighted by Gasteiger charge is 2.28. The third-order valence-electron chi connectivity index (χ3n) is 9.73. The summed E-state index contributed by atoms with van der Waals surface area (Å²) in [6.07, 6.45) is 7.40. The number of pyridine rings is 1. The summed E-state index contributed by atoms with van der Waals surface area (Å²) in [5.74, 6) is -0.293. The second-order valence-corrected chi connectivity index (χ2v) is 14.0. The smallest absolute Gasteiger partial charge is 0.265 e. The first kappa shape index (κ1) is 33.8. The molecule has 1 saturated heterocycles. The lowest BCUT2D eigenvalue weighted by Crippen LogP contribution is -2.40. The highest BCUT2D eigenvalue weighted by Crippen LogP contribution is 2.36. The van der Waals surface area contributed by atoms with Gasteiger partial charge in [-0.05, 0) is 77.9 Å². The van der Waals surface area contributed by atoms with Crippen LogP contribution in [-0.4, -0.2) is 57.4 Å². The van der Waals surface area contributed by atoms with Crippen molar-refractivity contribution >= 4 is 22.5 Å². The van der Waals surface area contributed by atoms with Crippen LogP contribution in [0.15, 0.2) is 125 Å². The minimum atomic E-state index is -0.253. The molecule has 0 bridgehead atoms. The van der Waals surface area contributed by atoms with Gasteiger partial charge in [-0.2, -0.15) is 5.10 Å². The van der Waals surface area contributed by atoms with Gasteiger partial charge in [0.25, 0.3) is 11.5 Å². The van der Waals surface area contributed by atoms with Crippen LogP contribution < -0.4 is 11.0 Å². The Kier molecular flexibility index (Phi) is 9.23. The number of rotatable bonds is 6. The SMILES string of the molecule is CC=C1NN=C(c2cccc(-n3cnc4cc(C(C)(C)C)ccc4c3=O)c2C)C=C1C(c1ccccc1)c1ccc(C(=O)N2CCOCC2)cn1. The van der Waals surface area contributed by atoms with Crippen LogP contribution in [0.4, 0.5) is 0 Å². The molecule has 258 valence electrons. The number of morpholine rings is 1. The van der Waals surface area contributed by atoms with E-state index in [1.165, 1.54) is 0 Å². The van der Waals surface area contributed by atoms with Crippen molar-refractivity contribution in [3.63, 3.8) is 0 Å². The van der Waals surface area contributed by atoms with Gasteiger partial charge in [0.15, 0.2) is 0 Å². The number of fused-ring (bicyclic) bond motifs is 1. The average Bonchev–Trinajstić information content (AvgIpc) is 3.16. The average molecular weight is 679 g/mol. The number of hydrogen-bond acceptors (Lipinski definition) is 7. The number of allylic oxidation sites excluding steroid dienone is 3. The number of ether oxygens (including phenoxy) is 1. The second-order valence-electron chi connectivity index (χ2n) is 14.0. The predicted octanol–water partition coefficient (Wildman–Crippen LogP) is 6.83. The van der Waals surface area contributed by atoms with Crippen LogP contribution in [0, 0.1) is 6.92 Å². The zero-order valence-corrected chi connectivity index (χ0v) is 29.7. The summed E-state index contributed by atoms with van der Waals surface area (Å²) < 4.78 is 7.05. The predicted molar refractivity (Wildman–Crippen MR) is 202 cm³/mol. The fraction of sp³-hybridized carbons (Fsp3) is 0.262. The van der Waals surface area contributed by atoms with E-state index in [-0.39, 0.29) is 22.8 Å². The summed E-state index contributed by atoms with van der Waals surface area (Å²) in [7, 11) is 0. The van der Waals surface area contributed by atoms with E-state index >= 15 is 0 Å². The van der Waals surface area contributed by atoms with Gasteiger partial charge in [-0.25, -0.2) is 4.98 Å². The van der Waals surface area contributed by atoms with Crippen LogP contribution in [0.25, 0.3) is 16.6 Å². The number of carbonyl (C=O) groups excluding carboxylic acids is 1. The van der Waals surface area contributed by atoms with Crippen molar-refractivity contribution in [3.8, 4) is 5.69 Å². The molecule has 2 aromatic heterocycles. The summed E-state index contributed by atoms with van der Waals surface area (Å²) in [6.45, 7) is 12.7. The molecule has 9 heteroatoms. The monoisotopic (exact) mass is 678 g/mol. The molecular formula is C42H42N6O3. The number of aromatic nitrogens is 3. The lowest BCUT2D eigenvalue weighted by molar-refractivity contribution is 0.0302. The molecule has 5 aromatic rings. The summed E-state index contributed by atoms with van der Waals surface area (Å²) in [5, 5.41) is 5.37. The normalized spacial score (nSPS) is 16.4. The summed E-state index contributed by atoms with van der Waals surface area (Å²) in [6, 6.07) is 25.8. The van der Waals surface area contributed by atoms with Gasteiger partial charge in [0.1, 0.15) is 6.33 Å². The van der Waals surface area contributed by atoms with Crippen LogP contribution in [0.2, 0.25) is 0 Å². The van der Waals surface area contributed by atoms with Gasteiger partial charge < -0.3 is 9.64 Å². The molecule has 1 fully saturated rings. The van der Waals surface area contributed by atoms with Crippen LogP contribution in [0.3, 0.4) is 0 Å². The molecule has 4 heterocycles. The highest BCUT2D eigenvalue weighted by atomic mass is 16.5. The van der Waals surface area contributed by atoms with Gasteiger partial charge in [-0.1, -0.05) is 75.4 Å². The summed E-state index contributed by atoms with van der Waals surface area (Å²) in [5.41, 5.74) is 12.4. The van der Waals surface area contributed by atoms with E-state index in [0.717, 1.165) is 50.6 Å². The summed E-state index contributed by atoms with van der Waals surface area (Å²) in [4.78, 5) is 38.4. The number of benzene rings is 3. The molecule has 0 radical (unpaired) electrons. The van der Waals surface area contributed by atoms with Gasteiger partial charge in [0, 0.05) is 24.8 Å². The van der Waals surface area contributed by atoms with Crippen molar-refractivity contribution in [2.75, 3.05) is 26.3 Å². The fourth-order valence-electron chi connectivity index (χ4n) is 6.78. The zero-order chi connectivity index (χ0) is 35.7. The largest absolute Gasteiger partial charge is 0.378 e. The van der Waals surface area contributed by atoms with E-state index in [1.807, 2.05) is 91.6 Å². The summed E-state index contributed by atoms with van der Waals surface area (Å²) >= 11 is 0. The van der Waals surface area contributed by atoms with E-state index in [1.54, 1.807) is 17.1 Å². The fourth-order valence-corrected chi connectivity index (χ4v) is 6.78. The Morgan fingerprint density at radius 2 is 1.75 bits per heavy atom. The number of nitrogens with zero attached hydrogens (tertiary/aromatic N) is 5. The van der Waals surface area contributed by atoms with E-state index in [0.29, 0.717) is 42.8 Å². The quantitative estimate of drug-likeness (QED) is 0.211. The Morgan fingerprint density at radius 3 is 2.45 bits per heavy atom. The molecule has 1 atom stereocenters. The molecule has 1 N–H and O–H groups in total. The van der Waals surface area contributed by atoms with Crippen molar-refractivity contribution in [1.82, 2.24) is 24.9 Å². The van der Waals surface area contributed by atoms with E-state index in [9.17, 15) is 9.59 Å². The van der Waals surface area contributed by atoms with E-state index in [4.69, 9.17) is 19.8 Å². The van der Waals surface area contributed by atoms with Gasteiger partial charge in [-0.15, -0.1) is 0 Å². The minimum absolute atomic E-state index is 0.0403. The molecule has 3 aromatic carbocycles. The maximum Gasteiger partial charge on any atom is 0.265 e. The molecule has 51 heavy (non-hydrogen) atoms. The van der Waals surface area contributed by atoms with Crippen molar-refractivity contribution in [3.05, 3.63) is 159 Å². The third-order valence-corrected chi connectivity index (χ3v) is 9.73. The molecule has 0 aliphatic carbocycles. The maximum atomic E-state index is 13.8. The van der Waals surface area contributed by atoms with Crippen LogP contribution in [0.1, 0.15) is 71.9 Å². The minimum Gasteiger partial charge on any atom is -0.378 e. The highest BCUT2D eigenvalue weighted by molar-refractivity contribution is 6.11. The molecule has 0 saturated carbocycles. The number of hydrazone groups is 1. The lowest BCUT2D eigenvalue weighted by Gasteiger charge is -2.28. The molecule has 2 aliphatic heterocycles. The van der Waals surface area contributed by atoms with Crippen LogP contribution in [0.5, 0.6) is 0 Å². The van der Waals surface area contributed by atoms with Crippen molar-refractivity contribution in [2.24, 2.45) is 5.10 Å². The molecule has 2 aliphatic rings. The molecule has 1 unspecified atom stereocenters. The number of hydrogen-bond donors (Lipinski definition) is 1. The molecule has 9 nitrogen and oxygen atoms in total. The number of amides is 1. The van der Waals surface area contributed by atoms with Crippen molar-refractivity contribution < 1.29 is 9.53 Å². The Hall–Kier alpha value is -5.67. The topological polar surface area (TPSA) is 102 Å². The van der Waals surface area contributed by atoms with Gasteiger partial charge in [0.05, 0.1) is 58.4 Å². The second kappa shape index (κ2) is 13.9. The Balaban J connectivity index is 1.27. The molecule has 7 rings (SSSR count). The Labute approximate surface area is 298 Å². The first-order valence-electron chi connectivity index (χ1n) is 17.4.